The average Bonchev–Trinajstić information content (AvgIpc) is 2.96. The summed E-state index contributed by atoms with van der Waals surface area (Å²) in [6.45, 7) is 8.09. The number of hydrogen-bond donors (Lipinski definition) is 1. The lowest BCUT2D eigenvalue weighted by Crippen LogP contribution is -2.43. The molecule has 1 saturated heterocycles. The Balaban J connectivity index is 1.72. The van der Waals surface area contributed by atoms with E-state index in [1.54, 1.807) is 12.3 Å². The summed E-state index contributed by atoms with van der Waals surface area (Å²) in [5, 5.41) is 20.5. The van der Waals surface area contributed by atoms with Crippen molar-refractivity contribution >= 4 is 12.0 Å². The van der Waals surface area contributed by atoms with E-state index < -0.39 is 11.6 Å². The number of aromatic nitrogens is 1. The molecule has 1 aliphatic rings. The lowest BCUT2D eigenvalue weighted by molar-refractivity contribution is -0.157. The molecule has 162 valence electrons. The number of cyclic esters (lactones) is 1. The molecule has 0 saturated carbocycles. The number of esters is 1. The van der Waals surface area contributed by atoms with Gasteiger partial charge in [-0.25, -0.2) is 4.79 Å². The van der Waals surface area contributed by atoms with Crippen molar-refractivity contribution in [2.24, 2.45) is 17.8 Å². The Morgan fingerprint density at radius 1 is 1.26 bits per heavy atom. The van der Waals surface area contributed by atoms with E-state index in [0.717, 1.165) is 16.8 Å². The number of allylic oxidation sites excluding steroid dienone is 1. The quantitative estimate of drug-likeness (QED) is 0.640. The lowest BCUT2D eigenvalue weighted by atomic mass is 9.76. The summed E-state index contributed by atoms with van der Waals surface area (Å²) < 4.78 is 5.39. The van der Waals surface area contributed by atoms with Crippen LogP contribution in [0.4, 0.5) is 0 Å². The van der Waals surface area contributed by atoms with E-state index in [1.807, 2.05) is 49.4 Å². The first-order valence-corrected chi connectivity index (χ1v) is 10.8. The molecule has 0 unspecified atom stereocenters. The van der Waals surface area contributed by atoms with Crippen LogP contribution in [0.25, 0.3) is 17.2 Å². The van der Waals surface area contributed by atoms with E-state index in [1.165, 1.54) is 0 Å². The fourth-order valence-electron chi connectivity index (χ4n) is 4.07. The molecule has 5 nitrogen and oxygen atoms in total. The highest BCUT2D eigenvalue weighted by Gasteiger charge is 2.54. The molecule has 0 amide bonds. The molecule has 1 aromatic carbocycles. The van der Waals surface area contributed by atoms with Gasteiger partial charge in [0.05, 0.1) is 17.3 Å². The minimum Gasteiger partial charge on any atom is -0.460 e. The highest BCUT2D eigenvalue weighted by atomic mass is 16.6. The summed E-state index contributed by atoms with van der Waals surface area (Å²) in [6, 6.07) is 13.5. The third-order valence-electron chi connectivity index (χ3n) is 6.42. The molecule has 0 aliphatic carbocycles. The zero-order chi connectivity index (χ0) is 22.6. The normalized spacial score (nSPS) is 24.4. The number of benzene rings is 1. The van der Waals surface area contributed by atoms with E-state index in [4.69, 9.17) is 4.74 Å². The van der Waals surface area contributed by atoms with Crippen molar-refractivity contribution in [3.63, 3.8) is 0 Å². The van der Waals surface area contributed by atoms with E-state index in [2.05, 4.69) is 31.8 Å². The first kappa shape index (κ1) is 22.7. The largest absolute Gasteiger partial charge is 0.460 e. The van der Waals surface area contributed by atoms with Crippen LogP contribution in [0.3, 0.4) is 0 Å². The SMILES string of the molecule is CC(C)[C@@H](C)C[C@@]1(O)C(=O)O[C@H](C)[C@H]1C/C=C/c1ccc(-c2ccccc2C#N)cn1. The van der Waals surface area contributed by atoms with E-state index in [-0.39, 0.29) is 17.9 Å². The first-order valence-electron chi connectivity index (χ1n) is 10.8. The van der Waals surface area contributed by atoms with Crippen molar-refractivity contribution < 1.29 is 14.6 Å². The maximum atomic E-state index is 12.4. The van der Waals surface area contributed by atoms with Gasteiger partial charge in [-0.2, -0.15) is 5.26 Å². The van der Waals surface area contributed by atoms with Gasteiger partial charge in [0.15, 0.2) is 5.60 Å². The fourth-order valence-corrected chi connectivity index (χ4v) is 4.07. The van der Waals surface area contributed by atoms with Gasteiger partial charge in [-0.05, 0) is 49.8 Å². The maximum absolute atomic E-state index is 12.4. The summed E-state index contributed by atoms with van der Waals surface area (Å²) in [7, 11) is 0. The second-order valence-electron chi connectivity index (χ2n) is 8.83. The predicted octanol–water partition coefficient (Wildman–Crippen LogP) is 5.00. The average molecular weight is 419 g/mol. The topological polar surface area (TPSA) is 83.2 Å². The fraction of sp³-hybridized carbons (Fsp3) is 0.423. The van der Waals surface area contributed by atoms with Crippen molar-refractivity contribution in [1.82, 2.24) is 4.98 Å². The molecule has 5 heteroatoms. The molecule has 1 aliphatic heterocycles. The molecule has 4 atom stereocenters. The van der Waals surface area contributed by atoms with Crippen LogP contribution >= 0.6 is 0 Å². The Morgan fingerprint density at radius 3 is 2.65 bits per heavy atom. The molecule has 1 aromatic heterocycles. The van der Waals surface area contributed by atoms with Crippen molar-refractivity contribution in [3.05, 3.63) is 59.9 Å². The van der Waals surface area contributed by atoms with Crippen LogP contribution in [-0.2, 0) is 9.53 Å². The summed E-state index contributed by atoms with van der Waals surface area (Å²) >= 11 is 0. The van der Waals surface area contributed by atoms with Crippen LogP contribution in [0.15, 0.2) is 48.7 Å². The highest BCUT2D eigenvalue weighted by Crippen LogP contribution is 2.40. The third kappa shape index (κ3) is 4.86. The third-order valence-corrected chi connectivity index (χ3v) is 6.42. The van der Waals surface area contributed by atoms with Gasteiger partial charge >= 0.3 is 5.97 Å². The van der Waals surface area contributed by atoms with E-state index >= 15 is 0 Å². The predicted molar refractivity (Wildman–Crippen MR) is 121 cm³/mol. The molecule has 1 N–H and O–H groups in total. The minimum atomic E-state index is -1.45. The number of hydrogen-bond acceptors (Lipinski definition) is 5. The number of pyridine rings is 1. The Labute approximate surface area is 184 Å². The van der Waals surface area contributed by atoms with Crippen molar-refractivity contribution in [3.8, 4) is 17.2 Å². The number of aliphatic hydroxyl groups is 1. The number of rotatable bonds is 7. The molecular weight excluding hydrogens is 388 g/mol. The Kier molecular flexibility index (Phi) is 6.92. The van der Waals surface area contributed by atoms with Gasteiger partial charge in [0.1, 0.15) is 6.10 Å². The Hall–Kier alpha value is -2.97. The smallest absolute Gasteiger partial charge is 0.338 e. The summed E-state index contributed by atoms with van der Waals surface area (Å²) in [5.41, 5.74) is 1.67. The number of ether oxygens (including phenoxy) is 1. The number of nitriles is 1. The molecule has 2 heterocycles. The number of carbonyl (C=O) groups is 1. The van der Waals surface area contributed by atoms with Crippen molar-refractivity contribution in [1.29, 1.82) is 5.26 Å². The molecule has 0 bridgehead atoms. The molecule has 31 heavy (non-hydrogen) atoms. The van der Waals surface area contributed by atoms with Crippen LogP contribution in [0.5, 0.6) is 0 Å². The zero-order valence-corrected chi connectivity index (χ0v) is 18.6. The van der Waals surface area contributed by atoms with Crippen LogP contribution in [-0.4, -0.2) is 27.8 Å². The Bertz CT molecular complexity index is 990. The van der Waals surface area contributed by atoms with Crippen molar-refractivity contribution in [2.75, 3.05) is 0 Å². The summed E-state index contributed by atoms with van der Waals surface area (Å²) in [4.78, 5) is 16.9. The van der Waals surface area contributed by atoms with Crippen LogP contribution in [0.2, 0.25) is 0 Å². The van der Waals surface area contributed by atoms with Gasteiger partial charge in [-0.15, -0.1) is 0 Å². The van der Waals surface area contributed by atoms with Gasteiger partial charge in [0.2, 0.25) is 0 Å². The minimum absolute atomic E-state index is 0.208. The van der Waals surface area contributed by atoms with Gasteiger partial charge in [-0.3, -0.25) is 4.98 Å². The molecular formula is C26H30N2O3. The van der Waals surface area contributed by atoms with Crippen molar-refractivity contribution in [2.45, 2.75) is 52.2 Å². The van der Waals surface area contributed by atoms with Gasteiger partial charge < -0.3 is 9.84 Å². The summed E-state index contributed by atoms with van der Waals surface area (Å²) in [6.07, 6.45) is 6.17. The van der Waals surface area contributed by atoms with Crippen LogP contribution in [0, 0.1) is 29.1 Å². The molecule has 2 aromatic rings. The first-order chi connectivity index (χ1) is 14.8. The molecule has 0 radical (unpaired) electrons. The van der Waals surface area contributed by atoms with Crippen LogP contribution < -0.4 is 0 Å². The summed E-state index contributed by atoms with van der Waals surface area (Å²) in [5.74, 6) is -0.221. The van der Waals surface area contributed by atoms with E-state index in [0.29, 0.717) is 24.3 Å². The second kappa shape index (κ2) is 9.45. The van der Waals surface area contributed by atoms with Crippen LogP contribution in [0.1, 0.15) is 51.8 Å². The van der Waals surface area contributed by atoms with E-state index in [9.17, 15) is 15.2 Å². The number of nitrogens with zero attached hydrogens (tertiary/aromatic N) is 2. The Morgan fingerprint density at radius 2 is 2.00 bits per heavy atom. The second-order valence-corrected chi connectivity index (χ2v) is 8.83. The molecule has 0 spiro atoms. The monoisotopic (exact) mass is 418 g/mol. The number of carbonyl (C=O) groups excluding carboxylic acids is 1. The highest BCUT2D eigenvalue weighted by molar-refractivity contribution is 5.82. The van der Waals surface area contributed by atoms with Gasteiger partial charge in [0.25, 0.3) is 0 Å². The standard InChI is InChI=1S/C26H30N2O3/c1-17(2)18(3)14-26(30)24(19(4)31-25(26)29)11-7-9-22-13-12-21(16-28-22)23-10-6-5-8-20(23)15-27/h5-10,12-13,16-19,24,30H,11,14H2,1-4H3/b9-7+/t18-,19+,24+,26-/m0/s1. The molecule has 3 rings (SSSR count). The zero-order valence-electron chi connectivity index (χ0n) is 18.6. The maximum Gasteiger partial charge on any atom is 0.338 e. The van der Waals surface area contributed by atoms with Gasteiger partial charge in [-0.1, -0.05) is 51.1 Å². The van der Waals surface area contributed by atoms with Gasteiger partial charge in [0, 0.05) is 23.2 Å². The molecule has 1 fully saturated rings. The lowest BCUT2D eigenvalue weighted by Gasteiger charge is -2.30.